The second kappa shape index (κ2) is 14.8. The fourth-order valence-electron chi connectivity index (χ4n) is 4.16. The number of thiophene rings is 1. The van der Waals surface area contributed by atoms with Gasteiger partial charge in [-0.15, -0.1) is 34.4 Å². The van der Waals surface area contributed by atoms with Crippen molar-refractivity contribution in [1.82, 2.24) is 10.3 Å². The molecule has 0 radical (unpaired) electrons. The van der Waals surface area contributed by atoms with Gasteiger partial charge in [0.1, 0.15) is 5.70 Å². The van der Waals surface area contributed by atoms with Crippen LogP contribution in [-0.2, 0) is 9.59 Å². The average molecular weight is 639 g/mol. The highest BCUT2D eigenvalue weighted by Gasteiger charge is 2.20. The maximum absolute atomic E-state index is 13.5. The van der Waals surface area contributed by atoms with Crippen molar-refractivity contribution in [1.29, 1.82) is 0 Å². The molecule has 3 N–H and O–H groups in total. The summed E-state index contributed by atoms with van der Waals surface area (Å²) in [6.07, 6.45) is 2.25. The number of amides is 3. The maximum atomic E-state index is 13.5. The van der Waals surface area contributed by atoms with E-state index >= 15 is 0 Å². The molecular formula is C34H30N4O3S3. The highest BCUT2D eigenvalue weighted by molar-refractivity contribution is 8.00. The van der Waals surface area contributed by atoms with Gasteiger partial charge in [0.25, 0.3) is 11.8 Å². The third-order valence-corrected chi connectivity index (χ3v) is 9.47. The average Bonchev–Trinajstić information content (AvgIpc) is 3.74. The van der Waals surface area contributed by atoms with E-state index in [1.54, 1.807) is 47.7 Å². The number of anilines is 2. The molecule has 0 saturated carbocycles. The molecule has 1 atom stereocenters. The lowest BCUT2D eigenvalue weighted by atomic mass is 10.1. The molecule has 0 bridgehead atoms. The summed E-state index contributed by atoms with van der Waals surface area (Å²) in [5.74, 6) is -0.985. The number of hydrogen-bond acceptors (Lipinski definition) is 7. The van der Waals surface area contributed by atoms with Crippen molar-refractivity contribution in [3.8, 4) is 10.6 Å². The Morgan fingerprint density at radius 1 is 0.909 bits per heavy atom. The number of thiazole rings is 1. The quantitative estimate of drug-likeness (QED) is 0.100. The lowest BCUT2D eigenvalue weighted by molar-refractivity contribution is -0.116. The third-order valence-electron chi connectivity index (χ3n) is 6.46. The van der Waals surface area contributed by atoms with Crippen molar-refractivity contribution in [3.63, 3.8) is 0 Å². The Labute approximate surface area is 268 Å². The van der Waals surface area contributed by atoms with Gasteiger partial charge in [0.05, 0.1) is 15.8 Å². The Balaban J connectivity index is 1.28. The lowest BCUT2D eigenvalue weighted by Crippen LogP contribution is -2.30. The number of thioether (sulfide) groups is 1. The molecule has 5 rings (SSSR count). The minimum absolute atomic E-state index is 0.108. The number of hydrogen-bond donors (Lipinski definition) is 3. The molecule has 44 heavy (non-hydrogen) atoms. The first-order valence-corrected chi connectivity index (χ1v) is 16.5. The number of rotatable bonds is 11. The molecule has 7 nitrogen and oxygen atoms in total. The molecule has 0 fully saturated rings. The molecule has 3 aromatic carbocycles. The predicted octanol–water partition coefficient (Wildman–Crippen LogP) is 8.10. The molecular weight excluding hydrogens is 609 g/mol. The summed E-state index contributed by atoms with van der Waals surface area (Å²) in [6.45, 7) is 3.94. The van der Waals surface area contributed by atoms with Crippen LogP contribution in [0.3, 0.4) is 0 Å². The molecule has 5 aromatic rings. The van der Waals surface area contributed by atoms with Crippen LogP contribution in [0.25, 0.3) is 16.6 Å². The van der Waals surface area contributed by atoms with E-state index in [4.69, 9.17) is 0 Å². The molecule has 3 amide bonds. The number of carbonyl (C=O) groups is 3. The zero-order valence-corrected chi connectivity index (χ0v) is 26.5. The smallest absolute Gasteiger partial charge is 0.272 e. The predicted molar refractivity (Wildman–Crippen MR) is 182 cm³/mol. The zero-order chi connectivity index (χ0) is 30.9. The van der Waals surface area contributed by atoms with Gasteiger partial charge in [-0.25, -0.2) is 4.98 Å². The van der Waals surface area contributed by atoms with Crippen LogP contribution in [-0.4, -0.2) is 28.0 Å². The first-order valence-electron chi connectivity index (χ1n) is 13.9. The number of nitrogens with one attached hydrogen (secondary N) is 3. The van der Waals surface area contributed by atoms with Crippen LogP contribution in [0.4, 0.5) is 10.8 Å². The molecule has 0 saturated heterocycles. The maximum Gasteiger partial charge on any atom is 0.272 e. The van der Waals surface area contributed by atoms with Crippen LogP contribution in [0.2, 0.25) is 0 Å². The van der Waals surface area contributed by atoms with E-state index in [1.807, 2.05) is 85.3 Å². The summed E-state index contributed by atoms with van der Waals surface area (Å²) in [7, 11) is 0. The molecule has 0 aliphatic carbocycles. The molecule has 0 aliphatic heterocycles. The Kier molecular flexibility index (Phi) is 10.4. The summed E-state index contributed by atoms with van der Waals surface area (Å²) in [6, 6.07) is 27.7. The van der Waals surface area contributed by atoms with E-state index in [0.29, 0.717) is 22.8 Å². The lowest BCUT2D eigenvalue weighted by Gasteiger charge is -2.15. The van der Waals surface area contributed by atoms with Gasteiger partial charge >= 0.3 is 0 Å². The van der Waals surface area contributed by atoms with Gasteiger partial charge in [0.2, 0.25) is 5.91 Å². The number of aromatic nitrogens is 1. The summed E-state index contributed by atoms with van der Waals surface area (Å²) < 4.78 is 0. The number of benzene rings is 3. The number of carbonyl (C=O) groups excluding carboxylic acids is 3. The minimum Gasteiger partial charge on any atom is -0.321 e. The van der Waals surface area contributed by atoms with E-state index in [2.05, 4.69) is 20.9 Å². The van der Waals surface area contributed by atoms with Gasteiger partial charge < -0.3 is 16.0 Å². The highest BCUT2D eigenvalue weighted by Crippen LogP contribution is 2.31. The standard InChI is InChI=1S/C34H30N4O3S3/c1-3-29(33(41)38-34-37-28(21-43-34)30-13-8-18-42-30)44-26-12-7-11-25(20-26)35-32(40)27(19-23-16-14-22(2)15-17-23)36-31(39)24-9-5-4-6-10-24/h4-21,29H,3H2,1-2H3,(H,35,40)(H,36,39)(H,37,38,41)/b27-19-. The van der Waals surface area contributed by atoms with Crippen molar-refractivity contribution < 1.29 is 14.4 Å². The van der Waals surface area contributed by atoms with Crippen LogP contribution < -0.4 is 16.0 Å². The highest BCUT2D eigenvalue weighted by atomic mass is 32.2. The SMILES string of the molecule is CCC(Sc1cccc(NC(=O)/C(=C/c2ccc(C)cc2)NC(=O)c2ccccc2)c1)C(=O)Nc1nc(-c2cccs2)cs1. The van der Waals surface area contributed by atoms with E-state index < -0.39 is 5.91 Å². The first-order chi connectivity index (χ1) is 21.4. The third kappa shape index (κ3) is 8.31. The van der Waals surface area contributed by atoms with Crippen molar-refractivity contribution in [2.45, 2.75) is 30.4 Å². The van der Waals surface area contributed by atoms with Crippen molar-refractivity contribution in [2.75, 3.05) is 10.6 Å². The van der Waals surface area contributed by atoms with E-state index in [9.17, 15) is 14.4 Å². The van der Waals surface area contributed by atoms with Crippen molar-refractivity contribution >= 4 is 69.1 Å². The fourth-order valence-corrected chi connectivity index (χ4v) is 6.65. The summed E-state index contributed by atoms with van der Waals surface area (Å²) in [4.78, 5) is 46.0. The van der Waals surface area contributed by atoms with Crippen LogP contribution >= 0.6 is 34.4 Å². The van der Waals surface area contributed by atoms with Gasteiger partial charge in [0.15, 0.2) is 5.13 Å². The Morgan fingerprint density at radius 3 is 2.43 bits per heavy atom. The van der Waals surface area contributed by atoms with Crippen LogP contribution in [0.5, 0.6) is 0 Å². The van der Waals surface area contributed by atoms with Crippen molar-refractivity contribution in [3.05, 3.63) is 124 Å². The zero-order valence-electron chi connectivity index (χ0n) is 24.1. The first kappa shape index (κ1) is 30.9. The van der Waals surface area contributed by atoms with Crippen LogP contribution in [0, 0.1) is 6.92 Å². The Morgan fingerprint density at radius 2 is 1.70 bits per heavy atom. The summed E-state index contributed by atoms with van der Waals surface area (Å²) in [5, 5.41) is 12.7. The summed E-state index contributed by atoms with van der Waals surface area (Å²) >= 11 is 4.41. The van der Waals surface area contributed by atoms with E-state index in [1.165, 1.54) is 23.1 Å². The fraction of sp³-hybridized carbons (Fsp3) is 0.118. The normalized spacial score (nSPS) is 11.9. The van der Waals surface area contributed by atoms with Gasteiger partial charge in [-0.3, -0.25) is 14.4 Å². The Hall–Kier alpha value is -4.51. The Bertz CT molecular complexity index is 1770. The molecule has 1 unspecified atom stereocenters. The van der Waals surface area contributed by atoms with Gasteiger partial charge in [0, 0.05) is 21.5 Å². The number of nitrogens with zero attached hydrogens (tertiary/aromatic N) is 1. The minimum atomic E-state index is -0.466. The van der Waals surface area contributed by atoms with Crippen molar-refractivity contribution in [2.24, 2.45) is 0 Å². The molecule has 222 valence electrons. The summed E-state index contributed by atoms with van der Waals surface area (Å²) in [5.41, 5.74) is 3.80. The van der Waals surface area contributed by atoms with Gasteiger partial charge in [-0.1, -0.05) is 67.1 Å². The second-order valence-electron chi connectivity index (χ2n) is 9.79. The second-order valence-corrected chi connectivity index (χ2v) is 12.9. The molecule has 0 aliphatic rings. The van der Waals surface area contributed by atoms with E-state index in [-0.39, 0.29) is 22.8 Å². The largest absolute Gasteiger partial charge is 0.321 e. The van der Waals surface area contributed by atoms with Gasteiger partial charge in [-0.05, 0) is 66.8 Å². The van der Waals surface area contributed by atoms with E-state index in [0.717, 1.165) is 26.6 Å². The topological polar surface area (TPSA) is 100 Å². The van der Waals surface area contributed by atoms with Crippen LogP contribution in [0.1, 0.15) is 34.8 Å². The molecule has 10 heteroatoms. The number of aryl methyl sites for hydroxylation is 1. The molecule has 0 spiro atoms. The monoisotopic (exact) mass is 638 g/mol. The van der Waals surface area contributed by atoms with Gasteiger partial charge in [-0.2, -0.15) is 0 Å². The molecule has 2 aromatic heterocycles. The van der Waals surface area contributed by atoms with Crippen LogP contribution in [0.15, 0.2) is 112 Å². The molecule has 2 heterocycles.